The van der Waals surface area contributed by atoms with Crippen molar-refractivity contribution in [2.75, 3.05) is 13.2 Å². The molecule has 78 heavy (non-hydrogen) atoms. The van der Waals surface area contributed by atoms with Crippen molar-refractivity contribution < 1.29 is 28.6 Å². The number of allylic oxidation sites excluding steroid dienone is 2. The van der Waals surface area contributed by atoms with E-state index in [1.165, 1.54) is 315 Å². The number of carbonyl (C=O) groups excluding carboxylic acids is 3. The van der Waals surface area contributed by atoms with Crippen LogP contribution in [0.4, 0.5) is 0 Å². The van der Waals surface area contributed by atoms with Gasteiger partial charge >= 0.3 is 17.9 Å². The van der Waals surface area contributed by atoms with E-state index in [0.717, 1.165) is 57.8 Å². The third-order valence-electron chi connectivity index (χ3n) is 16.5. The first-order valence-electron chi connectivity index (χ1n) is 35.7. The van der Waals surface area contributed by atoms with Crippen LogP contribution in [0.2, 0.25) is 0 Å². The Labute approximate surface area is 488 Å². The molecule has 1 unspecified atom stereocenters. The molecule has 6 nitrogen and oxygen atoms in total. The second-order valence-electron chi connectivity index (χ2n) is 24.5. The van der Waals surface area contributed by atoms with Crippen molar-refractivity contribution in [3.8, 4) is 0 Å². The lowest BCUT2D eigenvalue weighted by Crippen LogP contribution is -2.30. The van der Waals surface area contributed by atoms with Gasteiger partial charge in [0.2, 0.25) is 0 Å². The molecule has 0 spiro atoms. The minimum absolute atomic E-state index is 0.0626. The van der Waals surface area contributed by atoms with Crippen LogP contribution in [-0.4, -0.2) is 37.2 Å². The van der Waals surface area contributed by atoms with Gasteiger partial charge in [-0.05, 0) is 44.9 Å². The van der Waals surface area contributed by atoms with Crippen molar-refractivity contribution in [1.82, 2.24) is 0 Å². The van der Waals surface area contributed by atoms with Gasteiger partial charge in [0.15, 0.2) is 6.10 Å². The lowest BCUT2D eigenvalue weighted by atomic mass is 10.0. The van der Waals surface area contributed by atoms with Gasteiger partial charge in [-0.15, -0.1) is 0 Å². The molecule has 0 aliphatic heterocycles. The Morgan fingerprint density at radius 1 is 0.244 bits per heavy atom. The molecule has 0 saturated carbocycles. The summed E-state index contributed by atoms with van der Waals surface area (Å²) in [6.45, 7) is 6.68. The van der Waals surface area contributed by atoms with Crippen molar-refractivity contribution in [1.29, 1.82) is 0 Å². The molecular weight excluding hydrogens is 961 g/mol. The summed E-state index contributed by atoms with van der Waals surface area (Å²) in [4.78, 5) is 38.1. The fourth-order valence-corrected chi connectivity index (χ4v) is 11.2. The number of carbonyl (C=O) groups is 3. The number of hydrogen-bond donors (Lipinski definition) is 0. The Morgan fingerprint density at radius 2 is 0.423 bits per heavy atom. The summed E-state index contributed by atoms with van der Waals surface area (Å²) < 4.78 is 16.9. The first-order chi connectivity index (χ1) is 38.5. The first kappa shape index (κ1) is 76.1. The molecular formula is C72H138O6. The monoisotopic (exact) mass is 1100 g/mol. The summed E-state index contributed by atoms with van der Waals surface area (Å²) >= 11 is 0. The van der Waals surface area contributed by atoms with E-state index >= 15 is 0 Å². The topological polar surface area (TPSA) is 78.9 Å². The summed E-state index contributed by atoms with van der Waals surface area (Å²) in [6.07, 6.45) is 81.5. The van der Waals surface area contributed by atoms with Gasteiger partial charge in [0.1, 0.15) is 13.2 Å². The first-order valence-corrected chi connectivity index (χ1v) is 35.7. The maximum Gasteiger partial charge on any atom is 0.306 e. The van der Waals surface area contributed by atoms with Crippen molar-refractivity contribution in [3.05, 3.63) is 12.2 Å². The zero-order valence-corrected chi connectivity index (χ0v) is 53.2. The Balaban J connectivity index is 3.94. The van der Waals surface area contributed by atoms with E-state index in [-0.39, 0.29) is 31.1 Å². The molecule has 0 heterocycles. The summed E-state index contributed by atoms with van der Waals surface area (Å²) in [5, 5.41) is 0. The number of hydrogen-bond acceptors (Lipinski definition) is 6. The lowest BCUT2D eigenvalue weighted by Gasteiger charge is -2.18. The molecule has 0 radical (unpaired) electrons. The molecule has 6 heteroatoms. The SMILES string of the molecule is CCCCCCCCCC/C=C\CCCCCCCCCCCCCCCCCCCCCCCC(=O)OCC(COC(=O)CCCCCCCCC)OC(=O)CCCCCCCCCCCCCCCCCCCCCC. The van der Waals surface area contributed by atoms with Crippen LogP contribution in [0, 0.1) is 0 Å². The average molecular weight is 1100 g/mol. The van der Waals surface area contributed by atoms with E-state index in [1.807, 2.05) is 0 Å². The van der Waals surface area contributed by atoms with E-state index in [0.29, 0.717) is 19.3 Å². The molecule has 0 bridgehead atoms. The molecule has 0 amide bonds. The molecule has 0 aromatic heterocycles. The normalized spacial score (nSPS) is 12.0. The van der Waals surface area contributed by atoms with E-state index in [2.05, 4.69) is 32.9 Å². The maximum absolute atomic E-state index is 12.9. The number of ether oxygens (including phenoxy) is 3. The summed E-state index contributed by atoms with van der Waals surface area (Å²) in [5.74, 6) is -0.837. The van der Waals surface area contributed by atoms with Gasteiger partial charge in [0, 0.05) is 19.3 Å². The Hall–Kier alpha value is -1.85. The average Bonchev–Trinajstić information content (AvgIpc) is 3.44. The molecule has 0 N–H and O–H groups in total. The maximum atomic E-state index is 12.9. The predicted molar refractivity (Wildman–Crippen MR) is 340 cm³/mol. The molecule has 0 rings (SSSR count). The fraction of sp³-hybridized carbons (Fsp3) is 0.931. The van der Waals surface area contributed by atoms with Crippen LogP contribution < -0.4 is 0 Å². The van der Waals surface area contributed by atoms with Crippen LogP contribution in [0.1, 0.15) is 412 Å². The minimum Gasteiger partial charge on any atom is -0.462 e. The van der Waals surface area contributed by atoms with Crippen LogP contribution in [0.5, 0.6) is 0 Å². The van der Waals surface area contributed by atoms with E-state index in [1.54, 1.807) is 0 Å². The molecule has 0 saturated heterocycles. The Bertz CT molecular complexity index is 1210. The van der Waals surface area contributed by atoms with E-state index in [4.69, 9.17) is 14.2 Å². The minimum atomic E-state index is -0.763. The van der Waals surface area contributed by atoms with Gasteiger partial charge in [0.25, 0.3) is 0 Å². The molecule has 1 atom stereocenters. The van der Waals surface area contributed by atoms with Crippen molar-refractivity contribution in [2.24, 2.45) is 0 Å². The highest BCUT2D eigenvalue weighted by Crippen LogP contribution is 2.19. The highest BCUT2D eigenvalue weighted by molar-refractivity contribution is 5.71. The van der Waals surface area contributed by atoms with Gasteiger partial charge in [0.05, 0.1) is 0 Å². The molecule has 0 aliphatic carbocycles. The summed E-state index contributed by atoms with van der Waals surface area (Å²) in [7, 11) is 0. The Morgan fingerprint density at radius 3 is 0.641 bits per heavy atom. The van der Waals surface area contributed by atoms with E-state index in [9.17, 15) is 14.4 Å². The van der Waals surface area contributed by atoms with Crippen LogP contribution in [0.15, 0.2) is 12.2 Å². The fourth-order valence-electron chi connectivity index (χ4n) is 11.2. The van der Waals surface area contributed by atoms with Crippen LogP contribution in [0.25, 0.3) is 0 Å². The van der Waals surface area contributed by atoms with Crippen LogP contribution in [0.3, 0.4) is 0 Å². The van der Waals surface area contributed by atoms with Crippen LogP contribution >= 0.6 is 0 Å². The highest BCUT2D eigenvalue weighted by Gasteiger charge is 2.19. The summed E-state index contributed by atoms with van der Waals surface area (Å²) in [6, 6.07) is 0. The second-order valence-corrected chi connectivity index (χ2v) is 24.5. The third kappa shape index (κ3) is 65.0. The molecule has 0 aliphatic rings. The standard InChI is InChI=1S/C72H138O6/c1-4-7-10-13-16-18-20-22-24-26-28-30-31-32-33-34-35-36-37-38-39-40-41-42-44-45-47-49-51-53-56-59-62-65-71(74)77-68-69(67-76-70(73)64-61-58-55-15-12-9-6-3)78-72(75)66-63-60-57-54-52-50-48-46-43-29-27-25-23-21-19-17-14-11-8-5-2/h26,28,69H,4-25,27,29-68H2,1-3H3/b28-26-. The molecule has 462 valence electrons. The molecule has 0 fully saturated rings. The third-order valence-corrected chi connectivity index (χ3v) is 16.5. The number of esters is 3. The van der Waals surface area contributed by atoms with Crippen molar-refractivity contribution in [2.45, 2.75) is 419 Å². The van der Waals surface area contributed by atoms with Gasteiger partial charge in [-0.25, -0.2) is 0 Å². The lowest BCUT2D eigenvalue weighted by molar-refractivity contribution is -0.167. The zero-order valence-electron chi connectivity index (χ0n) is 53.2. The smallest absolute Gasteiger partial charge is 0.306 e. The van der Waals surface area contributed by atoms with Gasteiger partial charge in [-0.3, -0.25) is 14.4 Å². The molecule has 0 aromatic carbocycles. The highest BCUT2D eigenvalue weighted by atomic mass is 16.6. The predicted octanol–water partition coefficient (Wildman–Crippen LogP) is 24.4. The van der Waals surface area contributed by atoms with Gasteiger partial charge < -0.3 is 14.2 Å². The second kappa shape index (κ2) is 67.7. The van der Waals surface area contributed by atoms with Gasteiger partial charge in [-0.1, -0.05) is 360 Å². The van der Waals surface area contributed by atoms with E-state index < -0.39 is 6.10 Å². The zero-order chi connectivity index (χ0) is 56.4. The van der Waals surface area contributed by atoms with Crippen molar-refractivity contribution >= 4 is 17.9 Å². The van der Waals surface area contributed by atoms with Gasteiger partial charge in [-0.2, -0.15) is 0 Å². The van der Waals surface area contributed by atoms with Crippen LogP contribution in [-0.2, 0) is 28.6 Å². The van der Waals surface area contributed by atoms with Crippen molar-refractivity contribution in [3.63, 3.8) is 0 Å². The largest absolute Gasteiger partial charge is 0.462 e. The number of unbranched alkanes of at least 4 members (excludes halogenated alkanes) is 54. The molecule has 0 aromatic rings. The summed E-state index contributed by atoms with van der Waals surface area (Å²) in [5.41, 5.74) is 0. The Kier molecular flexibility index (Phi) is 66.0. The number of rotatable bonds is 67. The quantitative estimate of drug-likeness (QED) is 0.0261.